The number of thiazole rings is 1. The van der Waals surface area contributed by atoms with E-state index in [4.69, 9.17) is 21.3 Å². The summed E-state index contributed by atoms with van der Waals surface area (Å²) >= 11 is 7.46. The van der Waals surface area contributed by atoms with Gasteiger partial charge in [-0.05, 0) is 59.4 Å². The summed E-state index contributed by atoms with van der Waals surface area (Å²) < 4.78 is 7.30. The third kappa shape index (κ3) is 3.98. The van der Waals surface area contributed by atoms with E-state index in [1.165, 1.54) is 36.1 Å². The van der Waals surface area contributed by atoms with Crippen molar-refractivity contribution in [2.75, 3.05) is 7.11 Å². The SMILES string of the molecule is COc1ccc(/C=c2/sc3n(c2=O)[C@@H](c2ccc(Cl)cc2)C2=C(N=3)c3ccccc3CC2)cc1[N+](=O)[O-]. The lowest BCUT2D eigenvalue weighted by Gasteiger charge is -2.30. The molecular weight excluding hydrogens is 510 g/mol. The lowest BCUT2D eigenvalue weighted by molar-refractivity contribution is -0.385. The zero-order chi connectivity index (χ0) is 25.7. The summed E-state index contributed by atoms with van der Waals surface area (Å²) in [6.45, 7) is 0. The number of nitrogens with zero attached hydrogens (tertiary/aromatic N) is 3. The van der Waals surface area contributed by atoms with Crippen LogP contribution < -0.4 is 19.6 Å². The van der Waals surface area contributed by atoms with E-state index in [1.54, 1.807) is 16.7 Å². The fraction of sp³-hybridized carbons (Fsp3) is 0.143. The molecule has 0 N–H and O–H groups in total. The van der Waals surface area contributed by atoms with E-state index >= 15 is 0 Å². The van der Waals surface area contributed by atoms with Crippen molar-refractivity contribution >= 4 is 40.4 Å². The van der Waals surface area contributed by atoms with E-state index in [0.29, 0.717) is 19.9 Å². The Morgan fingerprint density at radius 2 is 1.92 bits per heavy atom. The van der Waals surface area contributed by atoms with Gasteiger partial charge >= 0.3 is 5.69 Å². The Hall–Kier alpha value is -4.01. The van der Waals surface area contributed by atoms with Crippen LogP contribution in [0.5, 0.6) is 5.75 Å². The lowest BCUT2D eigenvalue weighted by atomic mass is 9.83. The Kier molecular flexibility index (Phi) is 5.78. The second-order valence-electron chi connectivity index (χ2n) is 8.85. The first-order valence-corrected chi connectivity index (χ1v) is 12.8. The third-order valence-corrected chi connectivity index (χ3v) is 7.99. The molecule has 1 aliphatic heterocycles. The van der Waals surface area contributed by atoms with Crippen molar-refractivity contribution in [2.24, 2.45) is 4.99 Å². The summed E-state index contributed by atoms with van der Waals surface area (Å²) in [6, 6.07) is 20.1. The summed E-state index contributed by atoms with van der Waals surface area (Å²) in [5.74, 6) is 0.165. The van der Waals surface area contributed by atoms with Crippen LogP contribution in [0.15, 0.2) is 82.1 Å². The largest absolute Gasteiger partial charge is 0.490 e. The molecule has 4 aromatic rings. The van der Waals surface area contributed by atoms with Gasteiger partial charge in [0.05, 0.1) is 28.3 Å². The molecule has 7 nitrogen and oxygen atoms in total. The van der Waals surface area contributed by atoms with E-state index < -0.39 is 4.92 Å². The molecule has 6 rings (SSSR count). The Bertz CT molecular complexity index is 1790. The average molecular weight is 530 g/mol. The lowest BCUT2D eigenvalue weighted by Crippen LogP contribution is -2.38. The molecule has 1 atom stereocenters. The fourth-order valence-electron chi connectivity index (χ4n) is 5.06. The molecular formula is C28H20ClN3O4S. The first-order valence-electron chi connectivity index (χ1n) is 11.7. The Balaban J connectivity index is 1.58. The number of hydrogen-bond acceptors (Lipinski definition) is 6. The summed E-state index contributed by atoms with van der Waals surface area (Å²) in [5.41, 5.74) is 5.49. The van der Waals surface area contributed by atoms with Crippen LogP contribution in [0, 0.1) is 10.1 Å². The molecule has 0 spiro atoms. The molecule has 184 valence electrons. The highest BCUT2D eigenvalue weighted by Gasteiger charge is 2.32. The second kappa shape index (κ2) is 9.14. The minimum Gasteiger partial charge on any atom is -0.490 e. The number of methoxy groups -OCH3 is 1. The van der Waals surface area contributed by atoms with Crippen LogP contribution in [-0.4, -0.2) is 16.6 Å². The van der Waals surface area contributed by atoms with E-state index in [0.717, 1.165) is 35.2 Å². The van der Waals surface area contributed by atoms with Gasteiger partial charge in [0.25, 0.3) is 5.56 Å². The molecule has 0 saturated heterocycles. The van der Waals surface area contributed by atoms with Crippen LogP contribution in [0.1, 0.15) is 34.7 Å². The number of allylic oxidation sites excluding steroid dienone is 1. The third-order valence-electron chi connectivity index (χ3n) is 6.76. The highest BCUT2D eigenvalue weighted by atomic mass is 35.5. The molecule has 1 aliphatic carbocycles. The fourth-order valence-corrected chi connectivity index (χ4v) is 6.19. The van der Waals surface area contributed by atoms with Gasteiger partial charge in [-0.15, -0.1) is 0 Å². The van der Waals surface area contributed by atoms with Crippen LogP contribution >= 0.6 is 22.9 Å². The molecule has 2 aliphatic rings. The predicted octanol–water partition coefficient (Wildman–Crippen LogP) is 4.89. The Labute approximate surface area is 220 Å². The maximum absolute atomic E-state index is 13.8. The summed E-state index contributed by atoms with van der Waals surface area (Å²) in [4.78, 5) is 30.4. The molecule has 0 amide bonds. The Morgan fingerprint density at radius 3 is 2.68 bits per heavy atom. The first-order chi connectivity index (χ1) is 17.9. The molecule has 1 aromatic heterocycles. The van der Waals surface area contributed by atoms with E-state index in [-0.39, 0.29) is 23.0 Å². The number of nitro benzene ring substituents is 1. The van der Waals surface area contributed by atoms with E-state index in [2.05, 4.69) is 12.1 Å². The van der Waals surface area contributed by atoms with Crippen molar-refractivity contribution in [1.82, 2.24) is 4.57 Å². The van der Waals surface area contributed by atoms with Gasteiger partial charge in [0.15, 0.2) is 10.6 Å². The first kappa shape index (κ1) is 23.4. The molecule has 0 unspecified atom stereocenters. The van der Waals surface area contributed by atoms with Crippen molar-refractivity contribution in [3.8, 4) is 5.75 Å². The number of aryl methyl sites for hydroxylation is 1. The summed E-state index contributed by atoms with van der Waals surface area (Å²) in [5, 5.41) is 12.1. The molecule has 9 heteroatoms. The monoisotopic (exact) mass is 529 g/mol. The highest BCUT2D eigenvalue weighted by molar-refractivity contribution is 7.07. The van der Waals surface area contributed by atoms with Crippen LogP contribution in [0.25, 0.3) is 11.8 Å². The van der Waals surface area contributed by atoms with Crippen LogP contribution in [-0.2, 0) is 6.42 Å². The van der Waals surface area contributed by atoms with Gasteiger partial charge < -0.3 is 4.74 Å². The standard InChI is InChI=1S/C28H20ClN3O4S/c1-36-23-13-6-16(14-22(23)32(34)35)15-24-27(33)31-26(18-7-10-19(29)11-8-18)21-12-9-17-4-2-3-5-20(17)25(21)30-28(31)37-24/h2-8,10-11,13-15,26H,9,12H2,1H3/b24-15+/t26-/m0/s1. The highest BCUT2D eigenvalue weighted by Crippen LogP contribution is 2.41. The normalized spacial score (nSPS) is 16.5. The smallest absolute Gasteiger partial charge is 0.311 e. The van der Waals surface area contributed by atoms with Crippen LogP contribution in [0.3, 0.4) is 0 Å². The summed E-state index contributed by atoms with van der Waals surface area (Å²) in [7, 11) is 1.39. The summed E-state index contributed by atoms with van der Waals surface area (Å²) in [6.07, 6.45) is 3.33. The van der Waals surface area contributed by atoms with E-state index in [1.807, 2.05) is 36.4 Å². The number of hydrogen-bond donors (Lipinski definition) is 0. The van der Waals surface area contributed by atoms with Gasteiger partial charge in [0.1, 0.15) is 0 Å². The van der Waals surface area contributed by atoms with Gasteiger partial charge in [-0.25, -0.2) is 4.99 Å². The van der Waals surface area contributed by atoms with E-state index in [9.17, 15) is 14.9 Å². The number of benzene rings is 3. The molecule has 0 fully saturated rings. The molecule has 0 radical (unpaired) electrons. The average Bonchev–Trinajstić information content (AvgIpc) is 3.22. The van der Waals surface area contributed by atoms with Crippen molar-refractivity contribution in [2.45, 2.75) is 18.9 Å². The molecule has 0 saturated carbocycles. The number of aromatic nitrogens is 1. The van der Waals surface area contributed by atoms with Crippen molar-refractivity contribution in [1.29, 1.82) is 0 Å². The van der Waals surface area contributed by atoms with Crippen LogP contribution in [0.4, 0.5) is 5.69 Å². The van der Waals surface area contributed by atoms with Gasteiger partial charge in [-0.3, -0.25) is 19.5 Å². The number of ether oxygens (including phenoxy) is 1. The number of fused-ring (bicyclic) bond motifs is 3. The topological polar surface area (TPSA) is 86.7 Å². The molecule has 37 heavy (non-hydrogen) atoms. The van der Waals surface area contributed by atoms with Gasteiger partial charge in [-0.2, -0.15) is 0 Å². The number of halogens is 1. The molecule has 3 aromatic carbocycles. The maximum atomic E-state index is 13.8. The minimum absolute atomic E-state index is 0.157. The molecule has 0 bridgehead atoms. The number of nitro groups is 1. The maximum Gasteiger partial charge on any atom is 0.311 e. The predicted molar refractivity (Wildman–Crippen MR) is 144 cm³/mol. The Morgan fingerprint density at radius 1 is 1.14 bits per heavy atom. The van der Waals surface area contributed by atoms with Crippen molar-refractivity contribution in [3.05, 3.63) is 129 Å². The zero-order valence-corrected chi connectivity index (χ0v) is 21.3. The quantitative estimate of drug-likeness (QED) is 0.278. The van der Waals surface area contributed by atoms with Gasteiger partial charge in [-0.1, -0.05) is 65.4 Å². The van der Waals surface area contributed by atoms with Crippen molar-refractivity contribution < 1.29 is 9.66 Å². The van der Waals surface area contributed by atoms with Gasteiger partial charge in [0.2, 0.25) is 0 Å². The zero-order valence-electron chi connectivity index (χ0n) is 19.7. The van der Waals surface area contributed by atoms with Crippen molar-refractivity contribution in [3.63, 3.8) is 0 Å². The second-order valence-corrected chi connectivity index (χ2v) is 10.3. The number of rotatable bonds is 4. The van der Waals surface area contributed by atoms with Gasteiger partial charge in [0, 0.05) is 16.7 Å². The molecule has 2 heterocycles. The van der Waals surface area contributed by atoms with Crippen LogP contribution in [0.2, 0.25) is 5.02 Å². The minimum atomic E-state index is -0.496.